The molecule has 2 fully saturated rings. The lowest BCUT2D eigenvalue weighted by atomic mass is 9.49. The summed E-state index contributed by atoms with van der Waals surface area (Å²) in [5.74, 6) is 2.40. The first-order valence-electron chi connectivity index (χ1n) is 14.8. The van der Waals surface area contributed by atoms with Crippen molar-refractivity contribution in [3.63, 3.8) is 0 Å². The third kappa shape index (κ3) is 2.45. The van der Waals surface area contributed by atoms with Crippen molar-refractivity contribution in [3.05, 3.63) is 76.0 Å². The van der Waals surface area contributed by atoms with E-state index in [4.69, 9.17) is 14.5 Å². The molecule has 2 bridgehead atoms. The summed E-state index contributed by atoms with van der Waals surface area (Å²) in [7, 11) is 1.72. The number of fused-ring (bicyclic) bond motifs is 4. The molecule has 6 aliphatic rings. The van der Waals surface area contributed by atoms with Gasteiger partial charge >= 0.3 is 0 Å². The topological polar surface area (TPSA) is 54.8 Å². The molecule has 1 saturated carbocycles. The summed E-state index contributed by atoms with van der Waals surface area (Å²) in [4.78, 5) is 8.11. The van der Waals surface area contributed by atoms with Crippen molar-refractivity contribution in [2.24, 2.45) is 5.92 Å². The Bertz CT molecular complexity index is 1780. The molecule has 2 aliphatic heterocycles. The van der Waals surface area contributed by atoms with E-state index >= 15 is 0 Å². The molecule has 3 aromatic carbocycles. The third-order valence-electron chi connectivity index (χ3n) is 11.3. The number of methoxy groups -OCH3 is 1. The average molecular weight is 517 g/mol. The highest BCUT2D eigenvalue weighted by Gasteiger charge is 2.72. The number of aryl methyl sites for hydroxylation is 2. The monoisotopic (exact) mass is 516 g/mol. The zero-order valence-electron chi connectivity index (χ0n) is 22.3. The van der Waals surface area contributed by atoms with E-state index in [1.807, 2.05) is 0 Å². The highest BCUT2D eigenvalue weighted by atomic mass is 16.5. The molecule has 1 saturated heterocycles. The molecule has 5 nitrogen and oxygen atoms in total. The van der Waals surface area contributed by atoms with Crippen LogP contribution in [0.15, 0.2) is 42.5 Å². The first-order valence-corrected chi connectivity index (χ1v) is 14.8. The second-order valence-corrected chi connectivity index (χ2v) is 13.1. The van der Waals surface area contributed by atoms with Crippen LogP contribution in [0, 0.1) is 5.92 Å². The van der Waals surface area contributed by atoms with Gasteiger partial charge in [0, 0.05) is 35.3 Å². The van der Waals surface area contributed by atoms with Gasteiger partial charge in [0.15, 0.2) is 17.6 Å². The van der Waals surface area contributed by atoms with Crippen molar-refractivity contribution in [3.8, 4) is 11.5 Å². The van der Waals surface area contributed by atoms with Gasteiger partial charge in [-0.3, -0.25) is 4.90 Å². The molecule has 10 rings (SSSR count). The Kier molecular flexibility index (Phi) is 3.85. The number of nitrogens with zero attached hydrogens (tertiary/aromatic N) is 2. The van der Waals surface area contributed by atoms with E-state index in [0.717, 1.165) is 73.0 Å². The maximum Gasteiger partial charge on any atom is 0.166 e. The number of pyridine rings is 1. The van der Waals surface area contributed by atoms with Crippen molar-refractivity contribution < 1.29 is 14.6 Å². The van der Waals surface area contributed by atoms with Crippen LogP contribution < -0.4 is 9.47 Å². The summed E-state index contributed by atoms with van der Waals surface area (Å²) < 4.78 is 12.8. The molecular weight excluding hydrogens is 484 g/mol. The average Bonchev–Trinajstić information content (AvgIpc) is 3.55. The maximum absolute atomic E-state index is 13.1. The fourth-order valence-corrected chi connectivity index (χ4v) is 9.49. The SMILES string of the molecule is COc1ccc2c3c1OC1c4nc5c(cc4CC4(O)[C@@H](C2)N(CC2CC2)CC[C@]314)cc1c2c(cccc25)CC1. The first kappa shape index (κ1) is 21.6. The van der Waals surface area contributed by atoms with Crippen LogP contribution in [0.25, 0.3) is 21.7 Å². The lowest BCUT2D eigenvalue weighted by molar-refractivity contribution is -0.173. The molecule has 4 atom stereocenters. The van der Waals surface area contributed by atoms with Crippen LogP contribution in [-0.2, 0) is 31.1 Å². The Hall–Kier alpha value is -3.15. The smallest absolute Gasteiger partial charge is 0.166 e. The molecule has 5 heteroatoms. The van der Waals surface area contributed by atoms with E-state index in [1.54, 1.807) is 7.11 Å². The first-order chi connectivity index (χ1) is 19.1. The van der Waals surface area contributed by atoms with Gasteiger partial charge in [0.25, 0.3) is 0 Å². The molecule has 4 aromatic rings. The number of likely N-dealkylation sites (tertiary alicyclic amines) is 1. The molecule has 0 amide bonds. The molecule has 1 aromatic heterocycles. The summed E-state index contributed by atoms with van der Waals surface area (Å²) in [6.45, 7) is 2.10. The van der Waals surface area contributed by atoms with Crippen LogP contribution >= 0.6 is 0 Å². The van der Waals surface area contributed by atoms with Crippen LogP contribution in [0.1, 0.15) is 58.9 Å². The minimum absolute atomic E-state index is 0.0884. The predicted octanol–water partition coefficient (Wildman–Crippen LogP) is 5.19. The predicted molar refractivity (Wildman–Crippen MR) is 150 cm³/mol. The van der Waals surface area contributed by atoms with Crippen molar-refractivity contribution in [1.82, 2.24) is 9.88 Å². The fraction of sp³-hybridized carbons (Fsp3) is 0.441. The molecular formula is C34H32N2O3. The van der Waals surface area contributed by atoms with Gasteiger partial charge in [0.1, 0.15) is 0 Å². The third-order valence-corrected chi connectivity index (χ3v) is 11.3. The normalized spacial score (nSPS) is 31.3. The maximum atomic E-state index is 13.1. The summed E-state index contributed by atoms with van der Waals surface area (Å²) in [5, 5.41) is 16.9. The standard InChI is InChI=1S/C34H32N2O3/c1-38-25-10-9-21-15-26-34(37)16-23-14-22-13-20-8-7-19-3-2-4-24(27(19)20)29(22)35-30(23)32-33(34,28(21)31(25)39-32)11-12-36(26)17-18-5-6-18/h2-4,9-10,13-14,18,26,32,37H,5-8,11-12,15-17H2,1H3/t26-,32?,33+,34?/m1/s1. The minimum atomic E-state index is -0.904. The van der Waals surface area contributed by atoms with Gasteiger partial charge in [-0.15, -0.1) is 0 Å². The van der Waals surface area contributed by atoms with Gasteiger partial charge in [-0.1, -0.05) is 24.3 Å². The molecule has 1 spiro atoms. The van der Waals surface area contributed by atoms with Gasteiger partial charge in [-0.25, -0.2) is 4.98 Å². The number of aliphatic hydroxyl groups is 1. The summed E-state index contributed by atoms with van der Waals surface area (Å²) >= 11 is 0. The van der Waals surface area contributed by atoms with Crippen LogP contribution in [0.5, 0.6) is 11.5 Å². The van der Waals surface area contributed by atoms with E-state index in [1.165, 1.54) is 51.3 Å². The lowest BCUT2D eigenvalue weighted by Gasteiger charge is -2.63. The molecule has 0 radical (unpaired) electrons. The highest BCUT2D eigenvalue weighted by molar-refractivity contribution is 6.09. The number of ether oxygens (including phenoxy) is 2. The summed E-state index contributed by atoms with van der Waals surface area (Å²) in [6, 6.07) is 15.8. The van der Waals surface area contributed by atoms with Gasteiger partial charge < -0.3 is 14.6 Å². The zero-order chi connectivity index (χ0) is 25.7. The number of benzene rings is 3. The minimum Gasteiger partial charge on any atom is -0.493 e. The number of hydrogen-bond acceptors (Lipinski definition) is 5. The molecule has 39 heavy (non-hydrogen) atoms. The van der Waals surface area contributed by atoms with E-state index in [9.17, 15) is 5.11 Å². The second-order valence-electron chi connectivity index (χ2n) is 13.1. The Balaban J connectivity index is 1.25. The van der Waals surface area contributed by atoms with Gasteiger partial charge in [-0.2, -0.15) is 0 Å². The highest BCUT2D eigenvalue weighted by Crippen LogP contribution is 2.68. The van der Waals surface area contributed by atoms with Crippen molar-refractivity contribution in [1.29, 1.82) is 0 Å². The lowest BCUT2D eigenvalue weighted by Crippen LogP contribution is -2.74. The Morgan fingerprint density at radius 1 is 1.08 bits per heavy atom. The zero-order valence-corrected chi connectivity index (χ0v) is 22.3. The Morgan fingerprint density at radius 2 is 1.95 bits per heavy atom. The van der Waals surface area contributed by atoms with Crippen LogP contribution in [-0.4, -0.2) is 46.8 Å². The fourth-order valence-electron chi connectivity index (χ4n) is 9.49. The summed E-state index contributed by atoms with van der Waals surface area (Å²) in [6.07, 6.45) is 6.91. The quantitative estimate of drug-likeness (QED) is 0.380. The van der Waals surface area contributed by atoms with Crippen molar-refractivity contribution in [2.75, 3.05) is 20.2 Å². The van der Waals surface area contributed by atoms with Crippen molar-refractivity contribution >= 4 is 21.7 Å². The molecule has 196 valence electrons. The van der Waals surface area contributed by atoms with E-state index in [-0.39, 0.29) is 12.1 Å². The number of aromatic nitrogens is 1. The van der Waals surface area contributed by atoms with Gasteiger partial charge in [0.2, 0.25) is 0 Å². The van der Waals surface area contributed by atoms with Gasteiger partial charge in [0.05, 0.1) is 29.3 Å². The Labute approximate surface area is 227 Å². The van der Waals surface area contributed by atoms with E-state index < -0.39 is 11.0 Å². The van der Waals surface area contributed by atoms with Crippen LogP contribution in [0.2, 0.25) is 0 Å². The van der Waals surface area contributed by atoms with E-state index in [2.05, 4.69) is 47.4 Å². The number of piperidine rings is 1. The van der Waals surface area contributed by atoms with E-state index in [0.29, 0.717) is 6.42 Å². The van der Waals surface area contributed by atoms with Crippen LogP contribution in [0.4, 0.5) is 0 Å². The van der Waals surface area contributed by atoms with Gasteiger partial charge in [-0.05, 0) is 96.8 Å². The number of hydrogen-bond donors (Lipinski definition) is 1. The molecule has 2 unspecified atom stereocenters. The second kappa shape index (κ2) is 6.94. The number of rotatable bonds is 3. The molecule has 4 aliphatic carbocycles. The molecule has 1 N–H and O–H groups in total. The summed E-state index contributed by atoms with van der Waals surface area (Å²) in [5.41, 5.74) is 7.23. The van der Waals surface area contributed by atoms with Crippen LogP contribution in [0.3, 0.4) is 0 Å². The Morgan fingerprint density at radius 3 is 2.82 bits per heavy atom. The van der Waals surface area contributed by atoms with Crippen molar-refractivity contribution in [2.45, 2.75) is 68.1 Å². The largest absolute Gasteiger partial charge is 0.493 e. The molecule has 3 heterocycles.